The number of benzene rings is 1. The molecule has 0 aromatic heterocycles. The summed E-state index contributed by atoms with van der Waals surface area (Å²) in [6.45, 7) is 4.71. The second-order valence-electron chi connectivity index (χ2n) is 5.49. The van der Waals surface area contributed by atoms with Crippen LogP contribution in [-0.2, 0) is 0 Å². The maximum Gasteiger partial charge on any atom is 0.0486 e. The van der Waals surface area contributed by atoms with Gasteiger partial charge in [0, 0.05) is 16.2 Å². The predicted octanol–water partition coefficient (Wildman–Crippen LogP) is 5.08. The Balaban J connectivity index is 1.97. The van der Waals surface area contributed by atoms with Crippen molar-refractivity contribution in [1.82, 2.24) is 0 Å². The molecule has 1 nitrogen and oxygen atoms in total. The van der Waals surface area contributed by atoms with Gasteiger partial charge in [0.15, 0.2) is 0 Å². The van der Waals surface area contributed by atoms with Gasteiger partial charge in [0.25, 0.3) is 0 Å². The van der Waals surface area contributed by atoms with Gasteiger partial charge in [-0.05, 0) is 52.7 Å². The SMILES string of the molecule is CC(C)C1CCCC(Nc2ccccc2Br)C1. The molecule has 2 unspecified atom stereocenters. The van der Waals surface area contributed by atoms with Crippen LogP contribution in [0.25, 0.3) is 0 Å². The van der Waals surface area contributed by atoms with Crippen molar-refractivity contribution in [2.45, 2.75) is 45.6 Å². The molecule has 0 heterocycles. The summed E-state index contributed by atoms with van der Waals surface area (Å²) in [6.07, 6.45) is 5.40. The van der Waals surface area contributed by atoms with Crippen molar-refractivity contribution in [3.8, 4) is 0 Å². The molecule has 2 rings (SSSR count). The molecule has 0 radical (unpaired) electrons. The maximum absolute atomic E-state index is 3.69. The summed E-state index contributed by atoms with van der Waals surface area (Å²) in [6, 6.07) is 9.06. The first kappa shape index (κ1) is 12.9. The van der Waals surface area contributed by atoms with E-state index in [9.17, 15) is 0 Å². The maximum atomic E-state index is 3.69. The Morgan fingerprint density at radius 1 is 1.24 bits per heavy atom. The Kier molecular flexibility index (Phi) is 4.49. The standard InChI is InChI=1S/C15H22BrN/c1-11(2)12-6-5-7-13(10-12)17-15-9-4-3-8-14(15)16/h3-4,8-9,11-13,17H,5-7,10H2,1-2H3. The molecule has 0 bridgehead atoms. The van der Waals surface area contributed by atoms with Gasteiger partial charge in [-0.25, -0.2) is 0 Å². The molecule has 17 heavy (non-hydrogen) atoms. The van der Waals surface area contributed by atoms with E-state index in [2.05, 4.69) is 59.4 Å². The zero-order valence-corrected chi connectivity index (χ0v) is 12.3. The second kappa shape index (κ2) is 5.90. The Morgan fingerprint density at radius 2 is 2.00 bits per heavy atom. The second-order valence-corrected chi connectivity index (χ2v) is 6.35. The van der Waals surface area contributed by atoms with E-state index >= 15 is 0 Å². The molecule has 94 valence electrons. The third-order valence-corrected chi connectivity index (χ3v) is 4.58. The molecule has 1 aliphatic rings. The minimum atomic E-state index is 0.648. The summed E-state index contributed by atoms with van der Waals surface area (Å²) in [5, 5.41) is 3.69. The highest BCUT2D eigenvalue weighted by Crippen LogP contribution is 2.32. The number of hydrogen-bond donors (Lipinski definition) is 1. The lowest BCUT2D eigenvalue weighted by Crippen LogP contribution is -2.29. The van der Waals surface area contributed by atoms with Crippen LogP contribution >= 0.6 is 15.9 Å². The highest BCUT2D eigenvalue weighted by atomic mass is 79.9. The first-order valence-electron chi connectivity index (χ1n) is 6.68. The zero-order valence-electron chi connectivity index (χ0n) is 10.7. The van der Waals surface area contributed by atoms with Gasteiger partial charge in [-0.3, -0.25) is 0 Å². The van der Waals surface area contributed by atoms with Crippen molar-refractivity contribution < 1.29 is 0 Å². The minimum absolute atomic E-state index is 0.648. The van der Waals surface area contributed by atoms with Crippen LogP contribution in [0.15, 0.2) is 28.7 Å². The topological polar surface area (TPSA) is 12.0 Å². The summed E-state index contributed by atoms with van der Waals surface area (Å²) < 4.78 is 1.17. The fourth-order valence-corrected chi connectivity index (χ4v) is 3.16. The molecular formula is C15H22BrN. The molecule has 1 N–H and O–H groups in total. The lowest BCUT2D eigenvalue weighted by Gasteiger charge is -2.32. The summed E-state index contributed by atoms with van der Waals surface area (Å²) in [5.41, 5.74) is 1.24. The average molecular weight is 296 g/mol. The molecular weight excluding hydrogens is 274 g/mol. The van der Waals surface area contributed by atoms with Gasteiger partial charge in [0.2, 0.25) is 0 Å². The van der Waals surface area contributed by atoms with Gasteiger partial charge >= 0.3 is 0 Å². The van der Waals surface area contributed by atoms with E-state index in [4.69, 9.17) is 0 Å². The lowest BCUT2D eigenvalue weighted by atomic mass is 9.79. The van der Waals surface area contributed by atoms with Crippen molar-refractivity contribution >= 4 is 21.6 Å². The van der Waals surface area contributed by atoms with E-state index in [-0.39, 0.29) is 0 Å². The Bertz CT molecular complexity index is 362. The minimum Gasteiger partial charge on any atom is -0.381 e. The normalized spacial score (nSPS) is 24.9. The van der Waals surface area contributed by atoms with Crippen LogP contribution in [-0.4, -0.2) is 6.04 Å². The third-order valence-electron chi connectivity index (χ3n) is 3.89. The number of halogens is 1. The molecule has 0 aliphatic heterocycles. The van der Waals surface area contributed by atoms with Gasteiger partial charge in [-0.2, -0.15) is 0 Å². The summed E-state index contributed by atoms with van der Waals surface area (Å²) in [4.78, 5) is 0. The Morgan fingerprint density at radius 3 is 2.71 bits per heavy atom. The summed E-state index contributed by atoms with van der Waals surface area (Å²) >= 11 is 3.60. The Labute approximate surface area is 113 Å². The van der Waals surface area contributed by atoms with Gasteiger partial charge < -0.3 is 5.32 Å². The van der Waals surface area contributed by atoms with E-state index in [0.29, 0.717) is 6.04 Å². The highest BCUT2D eigenvalue weighted by Gasteiger charge is 2.24. The molecule has 1 aliphatic carbocycles. The summed E-state index contributed by atoms with van der Waals surface area (Å²) in [7, 11) is 0. The highest BCUT2D eigenvalue weighted by molar-refractivity contribution is 9.10. The molecule has 1 fully saturated rings. The molecule has 1 saturated carbocycles. The van der Waals surface area contributed by atoms with Crippen LogP contribution < -0.4 is 5.32 Å². The molecule has 1 aromatic carbocycles. The molecule has 2 heteroatoms. The van der Waals surface area contributed by atoms with E-state index < -0.39 is 0 Å². The number of nitrogens with one attached hydrogen (secondary N) is 1. The fraction of sp³-hybridized carbons (Fsp3) is 0.600. The molecule has 0 amide bonds. The van der Waals surface area contributed by atoms with Gasteiger partial charge in [0.05, 0.1) is 0 Å². The first-order chi connectivity index (χ1) is 8.16. The fourth-order valence-electron chi connectivity index (χ4n) is 2.76. The smallest absolute Gasteiger partial charge is 0.0486 e. The molecule has 2 atom stereocenters. The van der Waals surface area contributed by atoms with E-state index in [1.54, 1.807) is 0 Å². The van der Waals surface area contributed by atoms with Crippen LogP contribution in [0.3, 0.4) is 0 Å². The van der Waals surface area contributed by atoms with E-state index in [1.807, 2.05) is 0 Å². The van der Waals surface area contributed by atoms with Crippen molar-refractivity contribution in [2.75, 3.05) is 5.32 Å². The molecule has 1 aromatic rings. The first-order valence-corrected chi connectivity index (χ1v) is 7.47. The quantitative estimate of drug-likeness (QED) is 0.820. The number of hydrogen-bond acceptors (Lipinski definition) is 1. The lowest BCUT2D eigenvalue weighted by molar-refractivity contribution is 0.264. The van der Waals surface area contributed by atoms with Crippen LogP contribution in [0.5, 0.6) is 0 Å². The number of para-hydroxylation sites is 1. The largest absolute Gasteiger partial charge is 0.381 e. The van der Waals surface area contributed by atoms with Gasteiger partial charge in [-0.15, -0.1) is 0 Å². The monoisotopic (exact) mass is 295 g/mol. The predicted molar refractivity (Wildman–Crippen MR) is 78.3 cm³/mol. The van der Waals surface area contributed by atoms with Crippen LogP contribution in [0.4, 0.5) is 5.69 Å². The van der Waals surface area contributed by atoms with Crippen LogP contribution in [0, 0.1) is 11.8 Å². The van der Waals surface area contributed by atoms with E-state index in [0.717, 1.165) is 11.8 Å². The Hall–Kier alpha value is -0.500. The molecule has 0 saturated heterocycles. The third kappa shape index (κ3) is 3.48. The van der Waals surface area contributed by atoms with E-state index in [1.165, 1.54) is 35.8 Å². The van der Waals surface area contributed by atoms with Gasteiger partial charge in [-0.1, -0.05) is 38.8 Å². The molecule has 0 spiro atoms. The zero-order chi connectivity index (χ0) is 12.3. The van der Waals surface area contributed by atoms with Crippen molar-refractivity contribution in [3.05, 3.63) is 28.7 Å². The number of rotatable bonds is 3. The van der Waals surface area contributed by atoms with Crippen molar-refractivity contribution in [1.29, 1.82) is 0 Å². The van der Waals surface area contributed by atoms with Crippen molar-refractivity contribution in [2.24, 2.45) is 11.8 Å². The summed E-state index contributed by atoms with van der Waals surface area (Å²) in [5.74, 6) is 1.71. The van der Waals surface area contributed by atoms with Gasteiger partial charge in [0.1, 0.15) is 0 Å². The van der Waals surface area contributed by atoms with Crippen LogP contribution in [0.1, 0.15) is 39.5 Å². The average Bonchev–Trinajstić information content (AvgIpc) is 2.32. The van der Waals surface area contributed by atoms with Crippen LogP contribution in [0.2, 0.25) is 0 Å². The van der Waals surface area contributed by atoms with Crippen molar-refractivity contribution in [3.63, 3.8) is 0 Å². The number of anilines is 1.